The first-order valence-corrected chi connectivity index (χ1v) is 8.38. The Morgan fingerprint density at radius 3 is 2.26 bits per heavy atom. The van der Waals surface area contributed by atoms with Crippen molar-refractivity contribution in [2.75, 3.05) is 0 Å². The van der Waals surface area contributed by atoms with E-state index in [1.54, 1.807) is 27.4 Å². The number of hydrogen-bond donors (Lipinski definition) is 2. The highest BCUT2D eigenvalue weighted by Crippen LogP contribution is 2.30. The van der Waals surface area contributed by atoms with Gasteiger partial charge in [-0.2, -0.15) is 12.6 Å². The van der Waals surface area contributed by atoms with E-state index in [9.17, 15) is 9.90 Å². The fourth-order valence-corrected chi connectivity index (χ4v) is 2.21. The summed E-state index contributed by atoms with van der Waals surface area (Å²) < 4.78 is 5.60. The lowest BCUT2D eigenvalue weighted by Gasteiger charge is -2.38. The van der Waals surface area contributed by atoms with Crippen molar-refractivity contribution in [1.82, 2.24) is 0 Å². The molecule has 1 atom stereocenters. The van der Waals surface area contributed by atoms with E-state index in [1.807, 2.05) is 46.8 Å². The third-order valence-corrected chi connectivity index (χ3v) is 5.14. The molecule has 0 heterocycles. The van der Waals surface area contributed by atoms with E-state index in [2.05, 4.69) is 12.6 Å². The van der Waals surface area contributed by atoms with Gasteiger partial charge < -0.3 is 9.76 Å². The van der Waals surface area contributed by atoms with Crippen LogP contribution in [0.5, 0.6) is 0 Å². The van der Waals surface area contributed by atoms with E-state index in [4.69, 9.17) is 4.65 Å². The monoisotopic (exact) mass is 335 g/mol. The largest absolute Gasteiger partial charge is 0.428 e. The third kappa shape index (κ3) is 4.62. The Kier molecular flexibility index (Phi) is 6.17. The van der Waals surface area contributed by atoms with Crippen LogP contribution < -0.4 is 5.46 Å². The van der Waals surface area contributed by atoms with E-state index in [0.717, 1.165) is 11.0 Å². The molecule has 0 bridgehead atoms. The smallest absolute Gasteiger partial charge is 0.330 e. The summed E-state index contributed by atoms with van der Waals surface area (Å²) in [6.45, 7) is 13.2. The zero-order valence-electron chi connectivity index (χ0n) is 15.2. The number of carbonyl (C=O) groups is 1. The number of rotatable bonds is 7. The van der Waals surface area contributed by atoms with Gasteiger partial charge in [0.1, 0.15) is 5.60 Å². The first kappa shape index (κ1) is 20.3. The molecule has 0 aliphatic rings. The molecule has 0 aromatic heterocycles. The molecule has 0 saturated carbocycles. The molecular formula is C18H28BO3S. The lowest BCUT2D eigenvalue weighted by molar-refractivity contribution is -0.136. The Labute approximate surface area is 146 Å². The van der Waals surface area contributed by atoms with Crippen molar-refractivity contribution in [3.8, 4) is 0 Å². The van der Waals surface area contributed by atoms with Crippen molar-refractivity contribution in [3.05, 3.63) is 29.3 Å². The zero-order valence-corrected chi connectivity index (χ0v) is 16.1. The van der Waals surface area contributed by atoms with Crippen LogP contribution in [0.1, 0.15) is 59.1 Å². The number of hydrogen-bond acceptors (Lipinski definition) is 4. The number of aryl methyl sites for hydroxylation is 1. The summed E-state index contributed by atoms with van der Waals surface area (Å²) in [7, 11) is 1.70. The molecule has 1 aromatic carbocycles. The van der Waals surface area contributed by atoms with Crippen molar-refractivity contribution in [1.29, 1.82) is 0 Å². The predicted molar refractivity (Wildman–Crippen MR) is 99.7 cm³/mol. The minimum Gasteiger partial charge on any atom is -0.428 e. The average Bonchev–Trinajstić information content (AvgIpc) is 2.42. The number of benzene rings is 1. The minimum absolute atomic E-state index is 0.188. The molecule has 5 heteroatoms. The van der Waals surface area contributed by atoms with Crippen LogP contribution in [0.2, 0.25) is 0 Å². The second-order valence-electron chi connectivity index (χ2n) is 7.23. The summed E-state index contributed by atoms with van der Waals surface area (Å²) >= 11 is 4.57. The van der Waals surface area contributed by atoms with Crippen molar-refractivity contribution in [2.45, 2.75) is 70.8 Å². The normalized spacial score (nSPS) is 15.2. The summed E-state index contributed by atoms with van der Waals surface area (Å²) in [5.74, 6) is -0.188. The molecule has 0 aliphatic carbocycles. The van der Waals surface area contributed by atoms with Crippen molar-refractivity contribution in [2.24, 2.45) is 0 Å². The predicted octanol–water partition coefficient (Wildman–Crippen LogP) is 2.93. The quantitative estimate of drug-likeness (QED) is 0.595. The Hall–Kier alpha value is -0.775. The molecule has 1 rings (SSSR count). The average molecular weight is 335 g/mol. The lowest BCUT2D eigenvalue weighted by atomic mass is 9.80. The second-order valence-corrected chi connectivity index (χ2v) is 8.35. The summed E-state index contributed by atoms with van der Waals surface area (Å²) in [6, 6.07) is 5.55. The van der Waals surface area contributed by atoms with Crippen LogP contribution in [0, 0.1) is 6.92 Å². The summed E-state index contributed by atoms with van der Waals surface area (Å²) in [5.41, 5.74) is 0.487. The van der Waals surface area contributed by atoms with Crippen LogP contribution >= 0.6 is 12.6 Å². The van der Waals surface area contributed by atoms with Gasteiger partial charge in [-0.1, -0.05) is 30.6 Å². The van der Waals surface area contributed by atoms with E-state index >= 15 is 0 Å². The molecule has 127 valence electrons. The second kappa shape index (κ2) is 7.00. The molecule has 1 radical (unpaired) electrons. The Bertz CT molecular complexity index is 574. The van der Waals surface area contributed by atoms with Gasteiger partial charge in [-0.3, -0.25) is 4.79 Å². The van der Waals surface area contributed by atoms with Crippen molar-refractivity contribution >= 4 is 31.4 Å². The zero-order chi connectivity index (χ0) is 18.1. The minimum atomic E-state index is -1.45. The van der Waals surface area contributed by atoms with Crippen LogP contribution in [0.3, 0.4) is 0 Å². The van der Waals surface area contributed by atoms with Gasteiger partial charge in [0.25, 0.3) is 0 Å². The molecule has 0 aliphatic heterocycles. The van der Waals surface area contributed by atoms with Crippen molar-refractivity contribution < 1.29 is 14.6 Å². The maximum atomic E-state index is 11.9. The first-order chi connectivity index (χ1) is 10.3. The summed E-state index contributed by atoms with van der Waals surface area (Å²) in [6.07, 6.45) is 0.300. The van der Waals surface area contributed by atoms with Gasteiger partial charge in [-0.25, -0.2) is 0 Å². The van der Waals surface area contributed by atoms with Gasteiger partial charge in [0.2, 0.25) is 0 Å². The third-order valence-electron chi connectivity index (χ3n) is 4.60. The highest BCUT2D eigenvalue weighted by Gasteiger charge is 2.35. The summed E-state index contributed by atoms with van der Waals surface area (Å²) in [4.78, 5) is 11.9. The first-order valence-electron chi connectivity index (χ1n) is 7.93. The number of carbonyl (C=O) groups excluding carboxylic acids is 1. The SMILES string of the molecule is CCC(=O)C(C)(O)c1ccc([B]OC(C)(C)C(C)(C)S)cc1C. The molecule has 1 unspecified atom stereocenters. The van der Waals surface area contributed by atoms with E-state index in [0.29, 0.717) is 12.0 Å². The Morgan fingerprint density at radius 1 is 1.26 bits per heavy atom. The van der Waals surface area contributed by atoms with Gasteiger partial charge in [0, 0.05) is 11.2 Å². The highest BCUT2D eigenvalue weighted by molar-refractivity contribution is 7.81. The number of Topliss-reactive ketones (excluding diaryl/α,β-unsaturated/α-hetero) is 1. The maximum Gasteiger partial charge on any atom is 0.330 e. The molecule has 1 N–H and O–H groups in total. The van der Waals surface area contributed by atoms with Crippen molar-refractivity contribution in [3.63, 3.8) is 0 Å². The van der Waals surface area contributed by atoms with Crippen LogP contribution in [0.25, 0.3) is 0 Å². The van der Waals surface area contributed by atoms with E-state index < -0.39 is 11.2 Å². The molecule has 0 saturated heterocycles. The standard InChI is InChI=1S/C18H28BO3S/c1-8-15(20)18(7,21)14-10-9-13(11-12(14)2)19-22-16(3,4)17(5,6)23/h9-11,21,23H,8H2,1-7H3. The van der Waals surface area contributed by atoms with Gasteiger partial charge in [0.15, 0.2) is 5.78 Å². The molecule has 3 nitrogen and oxygen atoms in total. The Morgan fingerprint density at radius 2 is 1.83 bits per heavy atom. The van der Waals surface area contributed by atoms with Crippen LogP contribution in [-0.4, -0.2) is 28.7 Å². The molecule has 0 amide bonds. The van der Waals surface area contributed by atoms with Gasteiger partial charge >= 0.3 is 7.48 Å². The fourth-order valence-electron chi connectivity index (χ4n) is 2.16. The van der Waals surface area contributed by atoms with Gasteiger partial charge in [0.05, 0.1) is 5.60 Å². The van der Waals surface area contributed by atoms with Crippen LogP contribution in [-0.2, 0) is 15.0 Å². The highest BCUT2D eigenvalue weighted by atomic mass is 32.1. The van der Waals surface area contributed by atoms with Gasteiger partial charge in [-0.15, -0.1) is 0 Å². The number of aliphatic hydroxyl groups is 1. The maximum absolute atomic E-state index is 11.9. The molecule has 0 fully saturated rings. The molecule has 23 heavy (non-hydrogen) atoms. The number of thiol groups is 1. The summed E-state index contributed by atoms with van der Waals surface area (Å²) in [5, 5.41) is 10.5. The molecule has 0 spiro atoms. The number of ketones is 1. The lowest BCUT2D eigenvalue weighted by Crippen LogP contribution is -2.45. The molecular weight excluding hydrogens is 307 g/mol. The fraction of sp³-hybridized carbons (Fsp3) is 0.611. The molecule has 1 aromatic rings. The van der Waals surface area contributed by atoms with E-state index in [1.165, 1.54) is 0 Å². The topological polar surface area (TPSA) is 46.5 Å². The van der Waals surface area contributed by atoms with Crippen LogP contribution in [0.4, 0.5) is 0 Å². The van der Waals surface area contributed by atoms with E-state index in [-0.39, 0.29) is 10.5 Å². The van der Waals surface area contributed by atoms with Gasteiger partial charge in [-0.05, 0) is 52.7 Å². The van der Waals surface area contributed by atoms with Crippen LogP contribution in [0.15, 0.2) is 18.2 Å². The Balaban J connectivity index is 2.96.